The highest BCUT2D eigenvalue weighted by molar-refractivity contribution is 6.27. The van der Waals surface area contributed by atoms with Crippen LogP contribution in [0.2, 0.25) is 0 Å². The predicted molar refractivity (Wildman–Crippen MR) is 91.1 cm³/mol. The van der Waals surface area contributed by atoms with Crippen LogP contribution in [0, 0.1) is 0 Å². The van der Waals surface area contributed by atoms with Gasteiger partial charge in [-0.05, 0) is 33.6 Å². The molecule has 24 heavy (non-hydrogen) atoms. The molecule has 0 bridgehead atoms. The fourth-order valence-electron chi connectivity index (χ4n) is 2.37. The van der Waals surface area contributed by atoms with Crippen LogP contribution >= 0.6 is 0 Å². The molecule has 1 atom stereocenters. The lowest BCUT2D eigenvalue weighted by Gasteiger charge is -2.25. The van der Waals surface area contributed by atoms with E-state index in [-0.39, 0.29) is 5.60 Å². The van der Waals surface area contributed by atoms with Crippen molar-refractivity contribution in [2.45, 2.75) is 83.5 Å². The minimum atomic E-state index is -1.82. The van der Waals surface area contributed by atoms with Gasteiger partial charge in [-0.15, -0.1) is 0 Å². The third-order valence-electron chi connectivity index (χ3n) is 3.64. The van der Waals surface area contributed by atoms with Crippen molar-refractivity contribution in [3.05, 3.63) is 0 Å². The van der Waals surface area contributed by atoms with E-state index in [1.807, 2.05) is 20.8 Å². The van der Waals surface area contributed by atoms with Crippen molar-refractivity contribution in [2.75, 3.05) is 13.2 Å². The predicted octanol–water partition coefficient (Wildman–Crippen LogP) is 2.02. The molecule has 0 amide bonds. The number of hydrogen-bond acceptors (Lipinski definition) is 5. The Morgan fingerprint density at radius 3 is 1.92 bits per heavy atom. The van der Waals surface area contributed by atoms with E-state index in [0.717, 1.165) is 0 Å². The molecule has 0 aromatic rings. The normalized spacial score (nSPS) is 17.8. The molecule has 0 aromatic heterocycles. The van der Waals surface area contributed by atoms with E-state index in [9.17, 15) is 5.11 Å². The van der Waals surface area contributed by atoms with Gasteiger partial charge in [0.1, 0.15) is 0 Å². The van der Waals surface area contributed by atoms with Crippen LogP contribution in [0.5, 0.6) is 0 Å². The van der Waals surface area contributed by atoms with Crippen molar-refractivity contribution in [3.8, 4) is 0 Å². The molecule has 1 unspecified atom stereocenters. The molecule has 1 aliphatic rings. The molecule has 0 aliphatic heterocycles. The summed E-state index contributed by atoms with van der Waals surface area (Å²) < 4.78 is 5.59. The zero-order valence-electron chi connectivity index (χ0n) is 15.1. The zero-order chi connectivity index (χ0) is 18.6. The Bertz CT molecular complexity index is 347. The smallest absolute Gasteiger partial charge is 0.414 e. The van der Waals surface area contributed by atoms with Gasteiger partial charge in [0, 0.05) is 12.6 Å². The molecule has 0 heterocycles. The summed E-state index contributed by atoms with van der Waals surface area (Å²) in [5.41, 5.74) is -0.165. The van der Waals surface area contributed by atoms with Gasteiger partial charge in [-0.2, -0.15) is 0 Å². The van der Waals surface area contributed by atoms with E-state index in [1.54, 1.807) is 0 Å². The first-order valence-electron chi connectivity index (χ1n) is 8.63. The van der Waals surface area contributed by atoms with Crippen molar-refractivity contribution in [1.29, 1.82) is 0 Å². The van der Waals surface area contributed by atoms with Gasteiger partial charge in [0.25, 0.3) is 0 Å². The van der Waals surface area contributed by atoms with E-state index in [4.69, 9.17) is 24.5 Å². The van der Waals surface area contributed by atoms with E-state index < -0.39 is 18.0 Å². The topological polar surface area (TPSA) is 116 Å². The molecule has 0 radical (unpaired) electrons. The van der Waals surface area contributed by atoms with Gasteiger partial charge < -0.3 is 25.4 Å². The lowest BCUT2D eigenvalue weighted by atomic mass is 9.96. The molecule has 0 spiro atoms. The number of aliphatic hydroxyl groups is 1. The quantitative estimate of drug-likeness (QED) is 0.562. The third-order valence-corrected chi connectivity index (χ3v) is 3.64. The fraction of sp³-hybridized carbons (Fsp3) is 0.882. The highest BCUT2D eigenvalue weighted by Crippen LogP contribution is 2.17. The molecule has 0 aromatic carbocycles. The van der Waals surface area contributed by atoms with E-state index in [2.05, 4.69) is 5.32 Å². The van der Waals surface area contributed by atoms with Crippen LogP contribution in [-0.4, -0.2) is 58.2 Å². The first-order chi connectivity index (χ1) is 11.1. The molecular formula is C17H33NO6. The van der Waals surface area contributed by atoms with Crippen molar-refractivity contribution < 1.29 is 29.6 Å². The second-order valence-corrected chi connectivity index (χ2v) is 7.14. The summed E-state index contributed by atoms with van der Waals surface area (Å²) in [4.78, 5) is 18.2. The van der Waals surface area contributed by atoms with Gasteiger partial charge in [-0.3, -0.25) is 0 Å². The van der Waals surface area contributed by atoms with Gasteiger partial charge in [-0.25, -0.2) is 9.59 Å². The van der Waals surface area contributed by atoms with Crippen molar-refractivity contribution in [3.63, 3.8) is 0 Å². The molecule has 1 aliphatic carbocycles. The minimum Gasteiger partial charge on any atom is -0.473 e. The average Bonchev–Trinajstić information content (AvgIpc) is 2.43. The fourth-order valence-corrected chi connectivity index (χ4v) is 2.37. The Hall–Kier alpha value is -1.18. The second-order valence-electron chi connectivity index (χ2n) is 7.14. The van der Waals surface area contributed by atoms with Crippen LogP contribution < -0.4 is 5.32 Å². The number of aliphatic carboxylic acids is 2. The van der Waals surface area contributed by atoms with E-state index >= 15 is 0 Å². The summed E-state index contributed by atoms with van der Waals surface area (Å²) in [6.07, 6.45) is 8.91. The number of aliphatic hydroxyl groups excluding tert-OH is 1. The number of ether oxygens (including phenoxy) is 1. The van der Waals surface area contributed by atoms with E-state index in [1.165, 1.54) is 44.9 Å². The number of hydrogen-bond donors (Lipinski definition) is 4. The highest BCUT2D eigenvalue weighted by Gasteiger charge is 2.16. The molecule has 7 nitrogen and oxygen atoms in total. The standard InChI is InChI=1S/C15H31NO2.C2H2O4/c1-15(2,3)18-12-14(17)11-16-13-9-7-5-4-6-8-10-13;3-1(4)2(5)6/h13-14,16-17H,4-12H2,1-3H3;(H,3,4)(H,5,6). The van der Waals surface area contributed by atoms with Crippen LogP contribution in [-0.2, 0) is 14.3 Å². The van der Waals surface area contributed by atoms with Gasteiger partial charge in [0.05, 0.1) is 18.3 Å². The molecule has 7 heteroatoms. The Balaban J connectivity index is 0.000000754. The summed E-state index contributed by atoms with van der Waals surface area (Å²) >= 11 is 0. The average molecular weight is 347 g/mol. The van der Waals surface area contributed by atoms with Crippen molar-refractivity contribution in [1.82, 2.24) is 5.32 Å². The molecule has 1 rings (SSSR count). The molecule has 0 saturated heterocycles. The minimum absolute atomic E-state index is 0.165. The first-order valence-corrected chi connectivity index (χ1v) is 8.63. The SMILES string of the molecule is CC(C)(C)OCC(O)CNC1CCCCCCC1.O=C(O)C(=O)O. The maximum atomic E-state index is 9.88. The van der Waals surface area contributed by atoms with Crippen molar-refractivity contribution >= 4 is 11.9 Å². The highest BCUT2D eigenvalue weighted by atomic mass is 16.5. The second kappa shape index (κ2) is 12.2. The van der Waals surface area contributed by atoms with Crippen LogP contribution in [0.3, 0.4) is 0 Å². The van der Waals surface area contributed by atoms with Crippen LogP contribution in [0.15, 0.2) is 0 Å². The van der Waals surface area contributed by atoms with Gasteiger partial charge >= 0.3 is 11.9 Å². The number of rotatable bonds is 5. The molecule has 1 fully saturated rings. The summed E-state index contributed by atoms with van der Waals surface area (Å²) in [5.74, 6) is -3.65. The summed E-state index contributed by atoms with van der Waals surface area (Å²) in [6.45, 7) is 7.12. The van der Waals surface area contributed by atoms with Gasteiger partial charge in [0.2, 0.25) is 0 Å². The third kappa shape index (κ3) is 14.4. The summed E-state index contributed by atoms with van der Waals surface area (Å²) in [5, 5.41) is 28.2. The van der Waals surface area contributed by atoms with Crippen LogP contribution in [0.4, 0.5) is 0 Å². The first kappa shape index (κ1) is 22.8. The number of nitrogens with one attached hydrogen (secondary N) is 1. The summed E-state index contributed by atoms with van der Waals surface area (Å²) in [7, 11) is 0. The maximum Gasteiger partial charge on any atom is 0.414 e. The zero-order valence-corrected chi connectivity index (χ0v) is 15.1. The summed E-state index contributed by atoms with van der Waals surface area (Å²) in [6, 6.07) is 0.592. The molecule has 4 N–H and O–H groups in total. The lowest BCUT2D eigenvalue weighted by Crippen LogP contribution is -2.39. The van der Waals surface area contributed by atoms with Gasteiger partial charge in [-0.1, -0.05) is 32.1 Å². The Kier molecular flexibility index (Phi) is 11.6. The maximum absolute atomic E-state index is 9.88. The lowest BCUT2D eigenvalue weighted by molar-refractivity contribution is -0.159. The van der Waals surface area contributed by atoms with E-state index in [0.29, 0.717) is 19.2 Å². The monoisotopic (exact) mass is 347 g/mol. The molecule has 1 saturated carbocycles. The number of carboxylic acid groups (broad SMARTS) is 2. The number of carboxylic acids is 2. The largest absolute Gasteiger partial charge is 0.473 e. The molecular weight excluding hydrogens is 314 g/mol. The Labute approximate surface area is 144 Å². The molecule has 142 valence electrons. The van der Waals surface area contributed by atoms with Crippen molar-refractivity contribution in [2.24, 2.45) is 0 Å². The Morgan fingerprint density at radius 1 is 1.04 bits per heavy atom. The van der Waals surface area contributed by atoms with Crippen LogP contribution in [0.1, 0.15) is 65.7 Å². The van der Waals surface area contributed by atoms with Gasteiger partial charge in [0.15, 0.2) is 0 Å². The Morgan fingerprint density at radius 2 is 1.50 bits per heavy atom. The van der Waals surface area contributed by atoms with Crippen LogP contribution in [0.25, 0.3) is 0 Å². The number of carbonyl (C=O) groups is 2.